The van der Waals surface area contributed by atoms with Gasteiger partial charge in [0.2, 0.25) is 5.95 Å². The van der Waals surface area contributed by atoms with E-state index in [2.05, 4.69) is 24.8 Å². The minimum atomic E-state index is -0.0274. The third-order valence-corrected chi connectivity index (χ3v) is 4.14. The van der Waals surface area contributed by atoms with E-state index < -0.39 is 0 Å². The Hall–Kier alpha value is -3.09. The monoisotopic (exact) mass is 320 g/mol. The molecule has 0 N–H and O–H groups in total. The Morgan fingerprint density at radius 2 is 1.67 bits per heavy atom. The van der Waals surface area contributed by atoms with Crippen molar-refractivity contribution in [2.45, 2.75) is 0 Å². The molecule has 7 nitrogen and oxygen atoms in total. The summed E-state index contributed by atoms with van der Waals surface area (Å²) in [7, 11) is 0. The van der Waals surface area contributed by atoms with Crippen molar-refractivity contribution in [2.75, 3.05) is 31.1 Å². The number of hydrogen-bond acceptors (Lipinski definition) is 6. The Kier molecular flexibility index (Phi) is 3.74. The predicted molar refractivity (Wildman–Crippen MR) is 89.7 cm³/mol. The maximum absolute atomic E-state index is 12.9. The molecule has 0 saturated carbocycles. The molecule has 1 aliphatic rings. The van der Waals surface area contributed by atoms with Crippen molar-refractivity contribution in [3.8, 4) is 0 Å². The van der Waals surface area contributed by atoms with Crippen LogP contribution in [-0.2, 0) is 0 Å². The molecular formula is C17H16N6O. The summed E-state index contributed by atoms with van der Waals surface area (Å²) >= 11 is 0. The summed E-state index contributed by atoms with van der Waals surface area (Å²) in [4.78, 5) is 33.8. The maximum atomic E-state index is 12.9. The molecule has 0 spiro atoms. The van der Waals surface area contributed by atoms with Gasteiger partial charge in [-0.2, -0.15) is 0 Å². The number of rotatable bonds is 2. The van der Waals surface area contributed by atoms with Gasteiger partial charge in [-0.15, -0.1) is 0 Å². The molecule has 0 aromatic carbocycles. The zero-order chi connectivity index (χ0) is 16.4. The first-order valence-electron chi connectivity index (χ1n) is 7.83. The molecule has 1 amide bonds. The van der Waals surface area contributed by atoms with Crippen molar-refractivity contribution in [3.05, 3.63) is 54.7 Å². The van der Waals surface area contributed by atoms with Gasteiger partial charge in [0.15, 0.2) is 0 Å². The zero-order valence-electron chi connectivity index (χ0n) is 13.0. The van der Waals surface area contributed by atoms with Crippen LogP contribution in [0.2, 0.25) is 0 Å². The molecule has 0 bridgehead atoms. The molecule has 0 aliphatic carbocycles. The molecule has 120 valence electrons. The molecule has 3 aromatic rings. The van der Waals surface area contributed by atoms with E-state index in [9.17, 15) is 4.79 Å². The molecule has 7 heteroatoms. The first-order valence-corrected chi connectivity index (χ1v) is 7.83. The van der Waals surface area contributed by atoms with Gasteiger partial charge in [-0.25, -0.2) is 9.97 Å². The van der Waals surface area contributed by atoms with Crippen LogP contribution in [0.25, 0.3) is 10.9 Å². The minimum absolute atomic E-state index is 0.0274. The van der Waals surface area contributed by atoms with Crippen molar-refractivity contribution >= 4 is 22.8 Å². The Bertz CT molecular complexity index is 856. The lowest BCUT2D eigenvalue weighted by Crippen LogP contribution is -2.49. The molecule has 4 heterocycles. The lowest BCUT2D eigenvalue weighted by atomic mass is 10.1. The molecule has 0 radical (unpaired) electrons. The fourth-order valence-corrected chi connectivity index (χ4v) is 2.89. The van der Waals surface area contributed by atoms with Crippen LogP contribution in [0, 0.1) is 0 Å². The van der Waals surface area contributed by atoms with E-state index in [1.165, 1.54) is 0 Å². The first-order chi connectivity index (χ1) is 11.8. The van der Waals surface area contributed by atoms with Crippen molar-refractivity contribution < 1.29 is 4.79 Å². The van der Waals surface area contributed by atoms with Crippen LogP contribution in [0.1, 0.15) is 10.4 Å². The first kappa shape index (κ1) is 14.5. The molecule has 0 atom stereocenters. The quantitative estimate of drug-likeness (QED) is 0.710. The largest absolute Gasteiger partial charge is 0.337 e. The number of amides is 1. The second-order valence-corrected chi connectivity index (χ2v) is 5.59. The molecular weight excluding hydrogens is 304 g/mol. The Balaban J connectivity index is 1.52. The van der Waals surface area contributed by atoms with Crippen LogP contribution in [0.15, 0.2) is 49.2 Å². The van der Waals surface area contributed by atoms with E-state index in [1.807, 2.05) is 17.0 Å². The fraction of sp³-hybridized carbons (Fsp3) is 0.235. The van der Waals surface area contributed by atoms with Crippen LogP contribution < -0.4 is 4.90 Å². The van der Waals surface area contributed by atoms with E-state index in [1.54, 1.807) is 37.1 Å². The lowest BCUT2D eigenvalue weighted by molar-refractivity contribution is 0.0747. The SMILES string of the molecule is O=C(c1cncc2cccnc12)N1CCN(c2ncccn2)CC1. The van der Waals surface area contributed by atoms with Gasteiger partial charge in [0.25, 0.3) is 5.91 Å². The Labute approximate surface area is 139 Å². The molecule has 24 heavy (non-hydrogen) atoms. The molecule has 1 saturated heterocycles. The maximum Gasteiger partial charge on any atom is 0.257 e. The highest BCUT2D eigenvalue weighted by atomic mass is 16.2. The summed E-state index contributed by atoms with van der Waals surface area (Å²) in [5.74, 6) is 0.679. The van der Waals surface area contributed by atoms with E-state index in [-0.39, 0.29) is 5.91 Å². The number of piperazine rings is 1. The molecule has 4 rings (SSSR count). The number of pyridine rings is 2. The summed E-state index contributed by atoms with van der Waals surface area (Å²) in [5.41, 5.74) is 1.25. The van der Waals surface area contributed by atoms with E-state index >= 15 is 0 Å². The molecule has 1 aliphatic heterocycles. The highest BCUT2D eigenvalue weighted by molar-refractivity contribution is 6.04. The normalized spacial score (nSPS) is 14.8. The second-order valence-electron chi connectivity index (χ2n) is 5.59. The molecule has 3 aromatic heterocycles. The number of hydrogen-bond donors (Lipinski definition) is 0. The second kappa shape index (κ2) is 6.19. The van der Waals surface area contributed by atoms with Crippen LogP contribution in [-0.4, -0.2) is 56.9 Å². The number of carbonyl (C=O) groups is 1. The van der Waals surface area contributed by atoms with E-state index in [4.69, 9.17) is 0 Å². The van der Waals surface area contributed by atoms with Crippen LogP contribution >= 0.6 is 0 Å². The minimum Gasteiger partial charge on any atom is -0.337 e. The summed E-state index contributed by atoms with van der Waals surface area (Å²) in [6.45, 7) is 2.67. The standard InChI is InChI=1S/C17H16N6O/c24-16(14-12-18-11-13-3-1-4-19-15(13)14)22-7-9-23(10-8-22)17-20-5-2-6-21-17/h1-6,11-12H,7-10H2. The lowest BCUT2D eigenvalue weighted by Gasteiger charge is -2.34. The van der Waals surface area contributed by atoms with Crippen molar-refractivity contribution in [2.24, 2.45) is 0 Å². The smallest absolute Gasteiger partial charge is 0.257 e. The number of aromatic nitrogens is 4. The topological polar surface area (TPSA) is 75.1 Å². The summed E-state index contributed by atoms with van der Waals surface area (Å²) in [6.07, 6.45) is 8.48. The van der Waals surface area contributed by atoms with Crippen molar-refractivity contribution in [1.29, 1.82) is 0 Å². The third-order valence-electron chi connectivity index (χ3n) is 4.14. The Morgan fingerprint density at radius 1 is 0.917 bits per heavy atom. The highest BCUT2D eigenvalue weighted by Gasteiger charge is 2.24. The Morgan fingerprint density at radius 3 is 2.46 bits per heavy atom. The molecule has 0 unspecified atom stereocenters. The highest BCUT2D eigenvalue weighted by Crippen LogP contribution is 2.18. The van der Waals surface area contributed by atoms with Gasteiger partial charge in [0.1, 0.15) is 0 Å². The van der Waals surface area contributed by atoms with E-state index in [0.29, 0.717) is 43.2 Å². The number of fused-ring (bicyclic) bond motifs is 1. The third kappa shape index (κ3) is 2.64. The van der Waals surface area contributed by atoms with E-state index in [0.717, 1.165) is 5.39 Å². The van der Waals surface area contributed by atoms with Gasteiger partial charge < -0.3 is 9.80 Å². The van der Waals surface area contributed by atoms with Gasteiger partial charge in [-0.3, -0.25) is 14.8 Å². The van der Waals surface area contributed by atoms with Gasteiger partial charge in [0.05, 0.1) is 11.1 Å². The van der Waals surface area contributed by atoms with Gasteiger partial charge in [-0.05, 0) is 18.2 Å². The van der Waals surface area contributed by atoms with Crippen molar-refractivity contribution in [3.63, 3.8) is 0 Å². The van der Waals surface area contributed by atoms with Crippen LogP contribution in [0.3, 0.4) is 0 Å². The van der Waals surface area contributed by atoms with Crippen LogP contribution in [0.5, 0.6) is 0 Å². The number of carbonyl (C=O) groups excluding carboxylic acids is 1. The number of anilines is 1. The number of nitrogens with zero attached hydrogens (tertiary/aromatic N) is 6. The summed E-state index contributed by atoms with van der Waals surface area (Å²) in [6, 6.07) is 5.55. The van der Waals surface area contributed by atoms with Gasteiger partial charge in [-0.1, -0.05) is 0 Å². The summed E-state index contributed by atoms with van der Waals surface area (Å²) in [5, 5.41) is 0.875. The van der Waals surface area contributed by atoms with Gasteiger partial charge >= 0.3 is 0 Å². The predicted octanol–water partition coefficient (Wildman–Crippen LogP) is 1.38. The van der Waals surface area contributed by atoms with Crippen LogP contribution in [0.4, 0.5) is 5.95 Å². The average Bonchev–Trinajstić information content (AvgIpc) is 2.68. The molecule has 1 fully saturated rings. The van der Waals surface area contributed by atoms with Gasteiger partial charge in [0, 0.05) is 62.5 Å². The zero-order valence-corrected chi connectivity index (χ0v) is 13.0. The average molecular weight is 320 g/mol. The fourth-order valence-electron chi connectivity index (χ4n) is 2.89. The summed E-state index contributed by atoms with van der Waals surface area (Å²) < 4.78 is 0. The van der Waals surface area contributed by atoms with Crippen molar-refractivity contribution in [1.82, 2.24) is 24.8 Å².